The lowest BCUT2D eigenvalue weighted by atomic mass is 10.1. The third-order valence-electron chi connectivity index (χ3n) is 5.47. The van der Waals surface area contributed by atoms with Crippen molar-refractivity contribution in [2.75, 3.05) is 18.5 Å². The van der Waals surface area contributed by atoms with Crippen LogP contribution in [0.5, 0.6) is 0 Å². The maximum Gasteiger partial charge on any atom is 0.414 e. The molecule has 34 heavy (non-hydrogen) atoms. The second-order valence-corrected chi connectivity index (χ2v) is 7.67. The van der Waals surface area contributed by atoms with E-state index in [9.17, 15) is 14.0 Å². The molecule has 2 aliphatic heterocycles. The number of hydrogen-bond donors (Lipinski definition) is 2. The lowest BCUT2D eigenvalue weighted by Gasteiger charge is -2.14. The minimum absolute atomic E-state index is 0.273. The molecule has 2 atom stereocenters. The molecule has 2 N–H and O–H groups in total. The number of benzene rings is 1. The molecule has 1 saturated heterocycles. The Balaban J connectivity index is 1.29. The van der Waals surface area contributed by atoms with E-state index < -0.39 is 24.1 Å². The fourth-order valence-electron chi connectivity index (χ4n) is 3.74. The molecule has 2 aromatic heterocycles. The van der Waals surface area contributed by atoms with Gasteiger partial charge in [-0.2, -0.15) is 0 Å². The van der Waals surface area contributed by atoms with Gasteiger partial charge < -0.3 is 10.1 Å². The number of nitrogens with one attached hydrogen (secondary N) is 2. The lowest BCUT2D eigenvalue weighted by molar-refractivity contribution is -0.130. The van der Waals surface area contributed by atoms with Crippen molar-refractivity contribution in [2.45, 2.75) is 18.8 Å². The molecule has 5 rings (SSSR count). The summed E-state index contributed by atoms with van der Waals surface area (Å²) in [4.78, 5) is 34.9. The molecular formula is C22H20FN7O4. The summed E-state index contributed by atoms with van der Waals surface area (Å²) in [5.74, 6) is -0.784. The summed E-state index contributed by atoms with van der Waals surface area (Å²) in [5.41, 5.74) is 5.06. The standard InChI is InChI=1S/C22H20FN7O4/c1-24-21(31)20-9-19(27-34-20)18-5-2-13(10-25-18)16-4-3-14(8-17(16)23)30-12-15(33-22(30)32)11-29-7-6-26-28-29/h2-10,15,20,27H,11-12H2,1H3,(H,24,31)/t15-,20?/m0/s1. The number of rotatable bonds is 6. The van der Waals surface area contributed by atoms with Gasteiger partial charge in [-0.15, -0.1) is 5.10 Å². The predicted octanol–water partition coefficient (Wildman–Crippen LogP) is 1.49. The molecule has 0 aliphatic carbocycles. The lowest BCUT2D eigenvalue weighted by Crippen LogP contribution is -2.32. The van der Waals surface area contributed by atoms with Crippen molar-refractivity contribution < 1.29 is 23.6 Å². The minimum Gasteiger partial charge on any atom is -0.442 e. The zero-order chi connectivity index (χ0) is 23.7. The first-order valence-electron chi connectivity index (χ1n) is 10.5. The van der Waals surface area contributed by atoms with E-state index in [0.717, 1.165) is 0 Å². The topological polar surface area (TPSA) is 124 Å². The molecule has 2 aliphatic rings. The van der Waals surface area contributed by atoms with Crippen molar-refractivity contribution >= 4 is 23.4 Å². The SMILES string of the molecule is CNC(=O)C1C=C(c2ccc(-c3ccc(N4C[C@H](Cn5ccnn5)OC4=O)cc3F)cn2)NO1. The summed E-state index contributed by atoms with van der Waals surface area (Å²) in [6.45, 7) is 0.635. The van der Waals surface area contributed by atoms with Crippen molar-refractivity contribution in [3.05, 3.63) is 66.5 Å². The number of aromatic nitrogens is 4. The van der Waals surface area contributed by atoms with Gasteiger partial charge in [-0.1, -0.05) is 11.3 Å². The number of nitrogens with zero attached hydrogens (tertiary/aromatic N) is 5. The van der Waals surface area contributed by atoms with Crippen LogP contribution in [0.1, 0.15) is 5.69 Å². The summed E-state index contributed by atoms with van der Waals surface area (Å²) < 4.78 is 21.9. The van der Waals surface area contributed by atoms with Gasteiger partial charge in [-0.3, -0.25) is 25.0 Å². The smallest absolute Gasteiger partial charge is 0.414 e. The second kappa shape index (κ2) is 8.90. The summed E-state index contributed by atoms with van der Waals surface area (Å²) in [5, 5.41) is 10.1. The quantitative estimate of drug-likeness (QED) is 0.561. The zero-order valence-corrected chi connectivity index (χ0v) is 18.0. The fraction of sp³-hybridized carbons (Fsp3) is 0.227. The number of hydroxylamine groups is 1. The Morgan fingerprint density at radius 1 is 1.32 bits per heavy atom. The largest absolute Gasteiger partial charge is 0.442 e. The molecule has 4 heterocycles. The average molecular weight is 465 g/mol. The van der Waals surface area contributed by atoms with Crippen LogP contribution in [-0.4, -0.2) is 57.8 Å². The summed E-state index contributed by atoms with van der Waals surface area (Å²) in [7, 11) is 1.52. The van der Waals surface area contributed by atoms with Crippen LogP contribution in [0, 0.1) is 5.82 Å². The number of likely N-dealkylation sites (N-methyl/N-ethyl adjacent to an activating group) is 1. The Labute approximate surface area is 193 Å². The monoisotopic (exact) mass is 465 g/mol. The van der Waals surface area contributed by atoms with Crippen molar-refractivity contribution in [3.8, 4) is 11.1 Å². The molecule has 12 heteroatoms. The van der Waals surface area contributed by atoms with Crippen LogP contribution in [0.3, 0.4) is 0 Å². The highest BCUT2D eigenvalue weighted by Crippen LogP contribution is 2.29. The van der Waals surface area contributed by atoms with E-state index in [4.69, 9.17) is 9.57 Å². The Morgan fingerprint density at radius 2 is 2.21 bits per heavy atom. The molecule has 2 amide bonds. The van der Waals surface area contributed by atoms with Crippen molar-refractivity contribution in [3.63, 3.8) is 0 Å². The van der Waals surface area contributed by atoms with Crippen molar-refractivity contribution in [1.29, 1.82) is 0 Å². The van der Waals surface area contributed by atoms with Gasteiger partial charge in [0.25, 0.3) is 5.91 Å². The second-order valence-electron chi connectivity index (χ2n) is 7.67. The fourth-order valence-corrected chi connectivity index (χ4v) is 3.74. The molecule has 0 saturated carbocycles. The summed E-state index contributed by atoms with van der Waals surface area (Å²) >= 11 is 0. The minimum atomic E-state index is -0.750. The number of amides is 2. The molecule has 174 valence electrons. The van der Waals surface area contributed by atoms with Gasteiger partial charge >= 0.3 is 6.09 Å². The van der Waals surface area contributed by atoms with Gasteiger partial charge in [0.15, 0.2) is 6.10 Å². The molecule has 1 unspecified atom stereocenters. The Bertz CT molecular complexity index is 1250. The third-order valence-corrected chi connectivity index (χ3v) is 5.47. The Kier molecular flexibility index (Phi) is 5.64. The summed E-state index contributed by atoms with van der Waals surface area (Å²) in [6, 6.07) is 7.97. The van der Waals surface area contributed by atoms with E-state index in [2.05, 4.69) is 26.1 Å². The van der Waals surface area contributed by atoms with E-state index in [1.165, 1.54) is 24.2 Å². The van der Waals surface area contributed by atoms with Crippen molar-refractivity contribution in [1.82, 2.24) is 30.8 Å². The maximum absolute atomic E-state index is 15.0. The number of pyridine rings is 1. The molecule has 0 spiro atoms. The Morgan fingerprint density at radius 3 is 2.91 bits per heavy atom. The van der Waals surface area contributed by atoms with Crippen LogP contribution < -0.4 is 15.7 Å². The van der Waals surface area contributed by atoms with E-state index in [1.54, 1.807) is 47.4 Å². The number of carbonyl (C=O) groups is 2. The first-order valence-corrected chi connectivity index (χ1v) is 10.5. The van der Waals surface area contributed by atoms with Gasteiger partial charge in [0.05, 0.1) is 36.4 Å². The maximum atomic E-state index is 15.0. The summed E-state index contributed by atoms with van der Waals surface area (Å²) in [6.07, 6.45) is 4.65. The first-order chi connectivity index (χ1) is 16.5. The highest BCUT2D eigenvalue weighted by molar-refractivity contribution is 5.90. The van der Waals surface area contributed by atoms with E-state index in [1.807, 2.05) is 0 Å². The number of hydrogen-bond acceptors (Lipinski definition) is 8. The first kappa shape index (κ1) is 21.5. The van der Waals surface area contributed by atoms with Gasteiger partial charge in [0.2, 0.25) is 0 Å². The molecular weight excluding hydrogens is 445 g/mol. The number of cyclic esters (lactones) is 1. The predicted molar refractivity (Wildman–Crippen MR) is 117 cm³/mol. The Hall–Kier alpha value is -4.32. The van der Waals surface area contributed by atoms with Gasteiger partial charge in [-0.25, -0.2) is 13.9 Å². The molecule has 0 bridgehead atoms. The van der Waals surface area contributed by atoms with E-state index >= 15 is 0 Å². The van der Waals surface area contributed by atoms with Crippen LogP contribution in [0.2, 0.25) is 0 Å². The number of halogens is 1. The van der Waals surface area contributed by atoms with Gasteiger partial charge in [-0.05, 0) is 30.3 Å². The molecule has 11 nitrogen and oxygen atoms in total. The van der Waals surface area contributed by atoms with Crippen LogP contribution in [-0.2, 0) is 20.9 Å². The number of anilines is 1. The van der Waals surface area contributed by atoms with Crippen LogP contribution >= 0.6 is 0 Å². The van der Waals surface area contributed by atoms with Crippen molar-refractivity contribution in [2.24, 2.45) is 0 Å². The molecule has 1 aromatic carbocycles. The normalized spacial score (nSPS) is 19.5. The highest BCUT2D eigenvalue weighted by atomic mass is 19.1. The molecule has 1 fully saturated rings. The van der Waals surface area contributed by atoms with Gasteiger partial charge in [0.1, 0.15) is 11.9 Å². The highest BCUT2D eigenvalue weighted by Gasteiger charge is 2.33. The van der Waals surface area contributed by atoms with Crippen LogP contribution in [0.15, 0.2) is 55.0 Å². The average Bonchev–Trinajstić information content (AvgIpc) is 3.61. The van der Waals surface area contributed by atoms with E-state index in [-0.39, 0.29) is 12.5 Å². The molecule has 3 aromatic rings. The third kappa shape index (κ3) is 4.18. The van der Waals surface area contributed by atoms with Gasteiger partial charge in [0, 0.05) is 30.6 Å². The molecule has 0 radical (unpaired) electrons. The van der Waals surface area contributed by atoms with E-state index in [0.29, 0.717) is 34.8 Å². The van der Waals surface area contributed by atoms with Crippen LogP contribution in [0.4, 0.5) is 14.9 Å². The van der Waals surface area contributed by atoms with Crippen LogP contribution in [0.25, 0.3) is 16.8 Å². The number of carbonyl (C=O) groups excluding carboxylic acids is 2. The number of ether oxygens (including phenoxy) is 1. The zero-order valence-electron chi connectivity index (χ0n) is 18.0.